The lowest BCUT2D eigenvalue weighted by Crippen LogP contribution is -2.38. The first kappa shape index (κ1) is 17.5. The molecule has 1 aliphatic carbocycles. The average molecular weight is 366 g/mol. The highest BCUT2D eigenvalue weighted by molar-refractivity contribution is 6.40. The predicted molar refractivity (Wildman–Crippen MR) is 120 cm³/mol. The summed E-state index contributed by atoms with van der Waals surface area (Å²) in [4.78, 5) is 9.26. The quantitative estimate of drug-likeness (QED) is 0.514. The van der Waals surface area contributed by atoms with Gasteiger partial charge in [-0.05, 0) is 35.7 Å². The molecule has 0 aliphatic heterocycles. The Kier molecular flexibility index (Phi) is 4.26. The Morgan fingerprint density at radius 2 is 1.61 bits per heavy atom. The van der Waals surface area contributed by atoms with Crippen molar-refractivity contribution in [1.82, 2.24) is 9.97 Å². The van der Waals surface area contributed by atoms with Crippen LogP contribution in [0, 0.1) is 5.92 Å². The molecule has 0 radical (unpaired) electrons. The van der Waals surface area contributed by atoms with Gasteiger partial charge < -0.3 is 4.42 Å². The zero-order valence-electron chi connectivity index (χ0n) is 16.6. The molecule has 0 atom stereocenters. The van der Waals surface area contributed by atoms with Crippen LogP contribution in [0.15, 0.2) is 59.3 Å². The van der Waals surface area contributed by atoms with E-state index in [1.807, 2.05) is 12.3 Å². The zero-order valence-corrected chi connectivity index (χ0v) is 16.6. The summed E-state index contributed by atoms with van der Waals surface area (Å²) in [6, 6.07) is 14.7. The molecule has 0 amide bonds. The number of pyridine rings is 2. The van der Waals surface area contributed by atoms with Gasteiger partial charge in [-0.25, -0.2) is 4.98 Å². The molecule has 138 valence electrons. The molecule has 3 nitrogen and oxygen atoms in total. The molecule has 28 heavy (non-hydrogen) atoms. The SMILES string of the molecule is BC(B)(c1cccnc1-c1cccc2c1oc1ncccc12)C1CCCCC1. The van der Waals surface area contributed by atoms with Gasteiger partial charge in [0, 0.05) is 28.7 Å². The van der Waals surface area contributed by atoms with Gasteiger partial charge in [0.1, 0.15) is 21.3 Å². The summed E-state index contributed by atoms with van der Waals surface area (Å²) in [7, 11) is 4.79. The van der Waals surface area contributed by atoms with E-state index in [2.05, 4.69) is 57.1 Å². The van der Waals surface area contributed by atoms with Gasteiger partial charge in [-0.2, -0.15) is 0 Å². The third-order valence-corrected chi connectivity index (χ3v) is 6.66. The first-order valence-corrected chi connectivity index (χ1v) is 10.4. The standard InChI is InChI=1S/C23H24B2N2O/c24-23(25,15-7-2-1-3-8-15)19-12-6-13-26-20(19)18-10-4-9-16-17-11-5-14-27-22(17)28-21(16)18/h4-6,9-15H,1-3,7-8,24-25H2. The fourth-order valence-electron chi connectivity index (χ4n) is 5.00. The van der Waals surface area contributed by atoms with Crippen molar-refractivity contribution < 1.29 is 4.42 Å². The van der Waals surface area contributed by atoms with E-state index in [1.165, 1.54) is 37.7 Å². The molecule has 0 unspecified atom stereocenters. The van der Waals surface area contributed by atoms with Gasteiger partial charge in [0.2, 0.25) is 5.71 Å². The second-order valence-corrected chi connectivity index (χ2v) is 8.60. The van der Waals surface area contributed by atoms with Crippen LogP contribution in [0.2, 0.25) is 0 Å². The number of nitrogens with zero attached hydrogens (tertiary/aromatic N) is 2. The summed E-state index contributed by atoms with van der Waals surface area (Å²) in [5, 5.41) is 2.24. The van der Waals surface area contributed by atoms with Crippen molar-refractivity contribution in [2.45, 2.75) is 37.3 Å². The zero-order chi connectivity index (χ0) is 19.1. The number of para-hydroxylation sites is 1. The fraction of sp³-hybridized carbons (Fsp3) is 0.304. The lowest BCUT2D eigenvalue weighted by molar-refractivity contribution is 0.327. The van der Waals surface area contributed by atoms with E-state index in [1.54, 1.807) is 6.20 Å². The summed E-state index contributed by atoms with van der Waals surface area (Å²) in [5.74, 6) is 0.695. The van der Waals surface area contributed by atoms with Crippen molar-refractivity contribution in [1.29, 1.82) is 0 Å². The van der Waals surface area contributed by atoms with Crippen molar-refractivity contribution in [3.63, 3.8) is 0 Å². The van der Waals surface area contributed by atoms with Crippen LogP contribution in [0.4, 0.5) is 0 Å². The van der Waals surface area contributed by atoms with Crippen LogP contribution in [-0.4, -0.2) is 25.7 Å². The highest BCUT2D eigenvalue weighted by Crippen LogP contribution is 2.42. The molecular weight excluding hydrogens is 342 g/mol. The van der Waals surface area contributed by atoms with Gasteiger partial charge in [-0.1, -0.05) is 55.5 Å². The van der Waals surface area contributed by atoms with Gasteiger partial charge in [0.15, 0.2) is 0 Å². The first-order valence-electron chi connectivity index (χ1n) is 10.4. The molecule has 1 aromatic carbocycles. The van der Waals surface area contributed by atoms with Crippen LogP contribution >= 0.6 is 0 Å². The van der Waals surface area contributed by atoms with E-state index in [9.17, 15) is 0 Å². The third kappa shape index (κ3) is 2.76. The average Bonchev–Trinajstić information content (AvgIpc) is 3.13. The van der Waals surface area contributed by atoms with Gasteiger partial charge in [-0.15, -0.1) is 0 Å². The molecular formula is C23H24B2N2O. The number of fused-ring (bicyclic) bond motifs is 3. The highest BCUT2D eigenvalue weighted by Gasteiger charge is 2.34. The lowest BCUT2D eigenvalue weighted by Gasteiger charge is -2.38. The molecule has 3 aromatic heterocycles. The number of hydrogen-bond acceptors (Lipinski definition) is 3. The number of furan rings is 1. The van der Waals surface area contributed by atoms with Crippen molar-refractivity contribution in [2.75, 3.05) is 0 Å². The van der Waals surface area contributed by atoms with E-state index in [-0.39, 0.29) is 5.21 Å². The van der Waals surface area contributed by atoms with E-state index in [0.717, 1.165) is 27.6 Å². The van der Waals surface area contributed by atoms with Crippen LogP contribution in [0.1, 0.15) is 37.7 Å². The monoisotopic (exact) mass is 366 g/mol. The first-order chi connectivity index (χ1) is 13.7. The molecule has 0 bridgehead atoms. The molecule has 0 saturated heterocycles. The second-order valence-electron chi connectivity index (χ2n) is 8.60. The van der Waals surface area contributed by atoms with E-state index < -0.39 is 0 Å². The van der Waals surface area contributed by atoms with Crippen molar-refractivity contribution in [2.24, 2.45) is 5.92 Å². The van der Waals surface area contributed by atoms with Crippen LogP contribution in [0.5, 0.6) is 0 Å². The third-order valence-electron chi connectivity index (χ3n) is 6.66. The minimum absolute atomic E-state index is 0.0798. The molecule has 4 aromatic rings. The summed E-state index contributed by atoms with van der Waals surface area (Å²) < 4.78 is 6.20. The van der Waals surface area contributed by atoms with Crippen LogP contribution in [0.25, 0.3) is 33.3 Å². The smallest absolute Gasteiger partial charge is 0.227 e. The Labute approximate surface area is 167 Å². The largest absolute Gasteiger partial charge is 0.437 e. The van der Waals surface area contributed by atoms with Crippen molar-refractivity contribution in [3.05, 3.63) is 60.4 Å². The summed E-state index contributed by atoms with van der Waals surface area (Å²) in [6.07, 6.45) is 10.3. The number of hydrogen-bond donors (Lipinski definition) is 0. The highest BCUT2D eigenvalue weighted by atomic mass is 16.3. The molecule has 3 heterocycles. The Morgan fingerprint density at radius 3 is 2.46 bits per heavy atom. The lowest BCUT2D eigenvalue weighted by atomic mass is 9.43. The Bertz CT molecular complexity index is 1150. The fourth-order valence-corrected chi connectivity index (χ4v) is 5.00. The topological polar surface area (TPSA) is 38.9 Å². The van der Waals surface area contributed by atoms with Gasteiger partial charge in [0.25, 0.3) is 0 Å². The molecule has 0 N–H and O–H groups in total. The predicted octanol–water partition coefficient (Wildman–Crippen LogP) is 4.04. The van der Waals surface area contributed by atoms with Crippen LogP contribution < -0.4 is 0 Å². The maximum atomic E-state index is 6.20. The van der Waals surface area contributed by atoms with Crippen LogP contribution in [0.3, 0.4) is 0 Å². The maximum absolute atomic E-state index is 6.20. The molecule has 5 rings (SSSR count). The maximum Gasteiger partial charge on any atom is 0.227 e. The number of aromatic nitrogens is 2. The Morgan fingerprint density at radius 1 is 0.857 bits per heavy atom. The van der Waals surface area contributed by atoms with E-state index >= 15 is 0 Å². The summed E-state index contributed by atoms with van der Waals surface area (Å²) in [6.45, 7) is 0. The molecule has 5 heteroatoms. The van der Waals surface area contributed by atoms with Crippen molar-refractivity contribution >= 4 is 37.8 Å². The number of rotatable bonds is 3. The Balaban J connectivity index is 1.71. The molecule has 1 aliphatic rings. The van der Waals surface area contributed by atoms with E-state index in [0.29, 0.717) is 11.6 Å². The van der Waals surface area contributed by atoms with Crippen molar-refractivity contribution in [3.8, 4) is 11.3 Å². The molecule has 1 saturated carbocycles. The Hall–Kier alpha value is -2.55. The summed E-state index contributed by atoms with van der Waals surface area (Å²) in [5.41, 5.74) is 5.00. The molecule has 1 fully saturated rings. The van der Waals surface area contributed by atoms with Crippen LogP contribution in [-0.2, 0) is 5.21 Å². The molecule has 0 spiro atoms. The van der Waals surface area contributed by atoms with Gasteiger partial charge >= 0.3 is 0 Å². The van der Waals surface area contributed by atoms with E-state index in [4.69, 9.17) is 9.40 Å². The number of benzene rings is 1. The van der Waals surface area contributed by atoms with Gasteiger partial charge in [-0.3, -0.25) is 4.98 Å². The second kappa shape index (κ2) is 6.80. The van der Waals surface area contributed by atoms with Gasteiger partial charge in [0.05, 0.1) is 5.69 Å². The summed E-state index contributed by atoms with van der Waals surface area (Å²) >= 11 is 0. The minimum atomic E-state index is 0.0798. The minimum Gasteiger partial charge on any atom is -0.437 e. The normalized spacial score (nSPS) is 16.0.